The Morgan fingerprint density at radius 2 is 2.08 bits per heavy atom. The van der Waals surface area contributed by atoms with Gasteiger partial charge in [0, 0.05) is 18.8 Å². The Labute approximate surface area is 93.6 Å². The summed E-state index contributed by atoms with van der Waals surface area (Å²) in [7, 11) is 1.85. The molecule has 4 heteroatoms. The average molecular weight is 268 g/mol. The topological polar surface area (TPSA) is 20.3 Å². The highest BCUT2D eigenvalue weighted by molar-refractivity contribution is 9.10. The summed E-state index contributed by atoms with van der Waals surface area (Å²) in [5, 5.41) is 0. The third kappa shape index (κ3) is 4.36. The van der Waals surface area contributed by atoms with Gasteiger partial charge in [-0.3, -0.25) is 4.79 Å². The number of carbonyl (C=O) groups is 1. The van der Waals surface area contributed by atoms with Gasteiger partial charge in [0.05, 0.1) is 4.32 Å². The van der Waals surface area contributed by atoms with Gasteiger partial charge < -0.3 is 4.90 Å². The summed E-state index contributed by atoms with van der Waals surface area (Å²) >= 11 is 5.12. The lowest BCUT2D eigenvalue weighted by atomic mass is 10.1. The molecule has 0 bridgehead atoms. The highest BCUT2D eigenvalue weighted by Crippen LogP contribution is 2.20. The van der Waals surface area contributed by atoms with E-state index in [9.17, 15) is 4.79 Å². The maximum atomic E-state index is 11.8. The van der Waals surface area contributed by atoms with Crippen LogP contribution in [0.5, 0.6) is 0 Å². The molecule has 0 fully saturated rings. The normalized spacial score (nSPS) is 14.0. The maximum Gasteiger partial charge on any atom is 0.238 e. The van der Waals surface area contributed by atoms with E-state index in [0.29, 0.717) is 6.04 Å². The summed E-state index contributed by atoms with van der Waals surface area (Å²) in [5.41, 5.74) is 0. The van der Waals surface area contributed by atoms with E-state index in [1.807, 2.05) is 27.2 Å². The van der Waals surface area contributed by atoms with Gasteiger partial charge in [0.15, 0.2) is 0 Å². The molecule has 78 valence electrons. The van der Waals surface area contributed by atoms with Crippen LogP contribution in [0, 0.1) is 0 Å². The minimum absolute atomic E-state index is 0.133. The van der Waals surface area contributed by atoms with E-state index in [2.05, 4.69) is 22.9 Å². The highest BCUT2D eigenvalue weighted by atomic mass is 79.9. The lowest BCUT2D eigenvalue weighted by Gasteiger charge is -2.29. The second-order valence-electron chi connectivity index (χ2n) is 3.69. The summed E-state index contributed by atoms with van der Waals surface area (Å²) in [6.45, 7) is 5.81. The monoisotopic (exact) mass is 267 g/mol. The number of amides is 1. The molecule has 0 spiro atoms. The number of halogens is 1. The molecule has 0 saturated heterocycles. The van der Waals surface area contributed by atoms with Gasteiger partial charge in [-0.15, -0.1) is 0 Å². The summed E-state index contributed by atoms with van der Waals surface area (Å²) in [5.74, 6) is 1.11. The fraction of sp³-hybridized carbons (Fsp3) is 0.889. The van der Waals surface area contributed by atoms with Crippen molar-refractivity contribution in [2.45, 2.75) is 31.1 Å². The van der Waals surface area contributed by atoms with Crippen LogP contribution >= 0.6 is 27.7 Å². The van der Waals surface area contributed by atoms with Crippen LogP contribution in [0.2, 0.25) is 0 Å². The van der Waals surface area contributed by atoms with E-state index in [-0.39, 0.29) is 5.91 Å². The Morgan fingerprint density at radius 1 is 1.62 bits per heavy atom. The Balaban J connectivity index is 4.26. The quantitative estimate of drug-likeness (QED) is 0.730. The second kappa shape index (κ2) is 5.25. The number of hydrogen-bond donors (Lipinski definition) is 0. The van der Waals surface area contributed by atoms with E-state index in [1.165, 1.54) is 0 Å². The van der Waals surface area contributed by atoms with Crippen LogP contribution in [0.15, 0.2) is 0 Å². The highest BCUT2D eigenvalue weighted by Gasteiger charge is 2.29. The third-order valence-electron chi connectivity index (χ3n) is 1.90. The standard InChI is InChI=1S/C9H18BrNOS/c1-7(6-13-5)11(4)8(12)9(2,3)10/h7H,6H2,1-5H3. The van der Waals surface area contributed by atoms with E-state index in [1.54, 1.807) is 16.7 Å². The molecule has 0 aliphatic heterocycles. The molecule has 1 atom stereocenters. The SMILES string of the molecule is CSCC(C)N(C)C(=O)C(C)(C)Br. The van der Waals surface area contributed by atoms with E-state index in [4.69, 9.17) is 0 Å². The maximum absolute atomic E-state index is 11.8. The average Bonchev–Trinajstić information content (AvgIpc) is 2.00. The molecular weight excluding hydrogens is 250 g/mol. The van der Waals surface area contributed by atoms with Crippen molar-refractivity contribution in [3.05, 3.63) is 0 Å². The van der Waals surface area contributed by atoms with Crippen LogP contribution in [0.25, 0.3) is 0 Å². The molecule has 0 radical (unpaired) electrons. The third-order valence-corrected chi connectivity index (χ3v) is 3.05. The zero-order chi connectivity index (χ0) is 10.6. The Bertz CT molecular complexity index is 179. The molecule has 0 heterocycles. The fourth-order valence-corrected chi connectivity index (χ4v) is 1.96. The first-order chi connectivity index (χ1) is 5.80. The predicted octanol–water partition coefficient (Wildman–Crippen LogP) is 2.37. The van der Waals surface area contributed by atoms with Crippen LogP contribution in [-0.2, 0) is 4.79 Å². The van der Waals surface area contributed by atoms with E-state index >= 15 is 0 Å². The number of alkyl halides is 1. The molecule has 0 aromatic carbocycles. The lowest BCUT2D eigenvalue weighted by molar-refractivity contribution is -0.132. The van der Waals surface area contributed by atoms with Gasteiger partial charge in [-0.2, -0.15) is 11.8 Å². The van der Waals surface area contributed by atoms with E-state index in [0.717, 1.165) is 5.75 Å². The summed E-state index contributed by atoms with van der Waals surface area (Å²) in [6, 6.07) is 0.291. The van der Waals surface area contributed by atoms with Crippen LogP contribution in [-0.4, -0.2) is 40.2 Å². The predicted molar refractivity (Wildman–Crippen MR) is 63.6 cm³/mol. The van der Waals surface area contributed by atoms with Gasteiger partial charge in [-0.05, 0) is 27.0 Å². The van der Waals surface area contributed by atoms with Gasteiger partial charge in [0.2, 0.25) is 5.91 Å². The van der Waals surface area contributed by atoms with Crippen molar-refractivity contribution in [2.24, 2.45) is 0 Å². The number of rotatable bonds is 4. The lowest BCUT2D eigenvalue weighted by Crippen LogP contribution is -2.44. The smallest absolute Gasteiger partial charge is 0.238 e. The van der Waals surface area contributed by atoms with Crippen LogP contribution in [0.1, 0.15) is 20.8 Å². The van der Waals surface area contributed by atoms with E-state index < -0.39 is 4.32 Å². The molecule has 0 rings (SSSR count). The minimum Gasteiger partial charge on any atom is -0.341 e. The van der Waals surface area contributed by atoms with Crippen molar-refractivity contribution in [2.75, 3.05) is 19.1 Å². The summed E-state index contributed by atoms with van der Waals surface area (Å²) in [6.07, 6.45) is 2.05. The molecule has 0 N–H and O–H groups in total. The van der Waals surface area contributed by atoms with Gasteiger partial charge >= 0.3 is 0 Å². The number of carbonyl (C=O) groups excluding carboxylic acids is 1. The van der Waals surface area contributed by atoms with Crippen molar-refractivity contribution >= 4 is 33.6 Å². The zero-order valence-electron chi connectivity index (χ0n) is 8.93. The second-order valence-corrected chi connectivity index (χ2v) is 6.59. The van der Waals surface area contributed by atoms with Gasteiger partial charge in [0.1, 0.15) is 0 Å². The summed E-state index contributed by atoms with van der Waals surface area (Å²) in [4.78, 5) is 13.5. The Morgan fingerprint density at radius 3 is 2.38 bits per heavy atom. The fourth-order valence-electron chi connectivity index (χ4n) is 0.973. The molecule has 0 aromatic heterocycles. The van der Waals surface area contributed by atoms with Crippen molar-refractivity contribution in [3.8, 4) is 0 Å². The number of hydrogen-bond acceptors (Lipinski definition) is 2. The van der Waals surface area contributed by atoms with Crippen LogP contribution < -0.4 is 0 Å². The zero-order valence-corrected chi connectivity index (χ0v) is 11.3. The molecule has 13 heavy (non-hydrogen) atoms. The van der Waals surface area contributed by atoms with Gasteiger partial charge in [0.25, 0.3) is 0 Å². The molecule has 1 unspecified atom stereocenters. The van der Waals surface area contributed by atoms with Crippen molar-refractivity contribution in [3.63, 3.8) is 0 Å². The van der Waals surface area contributed by atoms with Crippen LogP contribution in [0.3, 0.4) is 0 Å². The van der Waals surface area contributed by atoms with Crippen molar-refractivity contribution in [1.29, 1.82) is 0 Å². The summed E-state index contributed by atoms with van der Waals surface area (Å²) < 4.78 is -0.450. The number of thioether (sulfide) groups is 1. The number of nitrogens with zero attached hydrogens (tertiary/aromatic N) is 1. The minimum atomic E-state index is -0.450. The molecule has 1 amide bonds. The first-order valence-corrected chi connectivity index (χ1v) is 6.44. The molecule has 0 aromatic rings. The largest absolute Gasteiger partial charge is 0.341 e. The molecule has 0 aliphatic rings. The van der Waals surface area contributed by atoms with Crippen LogP contribution in [0.4, 0.5) is 0 Å². The van der Waals surface area contributed by atoms with Crippen molar-refractivity contribution in [1.82, 2.24) is 4.90 Å². The first-order valence-electron chi connectivity index (χ1n) is 4.25. The molecule has 0 aliphatic carbocycles. The molecule has 2 nitrogen and oxygen atoms in total. The molecular formula is C9H18BrNOS. The molecule has 0 saturated carbocycles. The van der Waals surface area contributed by atoms with Gasteiger partial charge in [-0.25, -0.2) is 0 Å². The van der Waals surface area contributed by atoms with Crippen molar-refractivity contribution < 1.29 is 4.79 Å². The first kappa shape index (κ1) is 13.3. The van der Waals surface area contributed by atoms with Gasteiger partial charge in [-0.1, -0.05) is 15.9 Å². The Hall–Kier alpha value is 0.300. The Kier molecular flexibility index (Phi) is 5.37.